The lowest BCUT2D eigenvalue weighted by Gasteiger charge is -2.11. The van der Waals surface area contributed by atoms with Gasteiger partial charge in [-0.05, 0) is 12.1 Å². The Labute approximate surface area is 83.1 Å². The van der Waals surface area contributed by atoms with Crippen molar-refractivity contribution in [1.29, 1.82) is 0 Å². The van der Waals surface area contributed by atoms with Crippen LogP contribution in [-0.2, 0) is 0 Å². The third-order valence-electron chi connectivity index (χ3n) is 2.00. The van der Waals surface area contributed by atoms with Crippen molar-refractivity contribution in [2.75, 3.05) is 0 Å². The van der Waals surface area contributed by atoms with Crippen molar-refractivity contribution >= 4 is 16.7 Å². The van der Waals surface area contributed by atoms with Crippen molar-refractivity contribution in [1.82, 2.24) is 0 Å². The smallest absolute Gasteiger partial charge is 0.405 e. The van der Waals surface area contributed by atoms with Crippen LogP contribution in [0.4, 0.5) is 5.69 Å². The maximum atomic E-state index is 11.2. The monoisotopic (exact) mass is 209 g/mol. The fraction of sp³-hybridized carbons (Fsp3) is 0. The summed E-state index contributed by atoms with van der Waals surface area (Å²) >= 11 is 0. The molecular formula is C9H7NO5. The Kier molecular flexibility index (Phi) is 2.16. The van der Waals surface area contributed by atoms with E-state index in [1.165, 1.54) is 12.1 Å². The molecule has 0 saturated carbocycles. The SMILES string of the molecule is O=c1oc2ccccc2c(O)c1[NH+]([O-])O. The fourth-order valence-corrected chi connectivity index (χ4v) is 1.32. The Hall–Kier alpha value is -1.89. The molecule has 3 N–H and O–H groups in total. The van der Waals surface area contributed by atoms with E-state index >= 15 is 0 Å². The van der Waals surface area contributed by atoms with Gasteiger partial charge in [0.1, 0.15) is 5.58 Å². The Morgan fingerprint density at radius 1 is 1.33 bits per heavy atom. The first-order valence-electron chi connectivity index (χ1n) is 4.09. The van der Waals surface area contributed by atoms with E-state index in [0.717, 1.165) is 0 Å². The molecule has 1 atom stereocenters. The summed E-state index contributed by atoms with van der Waals surface area (Å²) in [6, 6.07) is 6.17. The molecule has 0 radical (unpaired) electrons. The van der Waals surface area contributed by atoms with Crippen LogP contribution in [-0.4, -0.2) is 10.3 Å². The molecule has 2 rings (SSSR count). The van der Waals surface area contributed by atoms with Crippen molar-refractivity contribution in [3.05, 3.63) is 39.9 Å². The third-order valence-corrected chi connectivity index (χ3v) is 2.00. The number of benzene rings is 1. The van der Waals surface area contributed by atoms with Gasteiger partial charge >= 0.3 is 5.63 Å². The normalized spacial score (nSPS) is 12.9. The van der Waals surface area contributed by atoms with Crippen LogP contribution >= 0.6 is 0 Å². The first-order chi connectivity index (χ1) is 7.11. The number of nitrogens with one attached hydrogen (secondary N) is 1. The summed E-state index contributed by atoms with van der Waals surface area (Å²) in [4.78, 5) is 11.2. The van der Waals surface area contributed by atoms with Crippen molar-refractivity contribution in [2.45, 2.75) is 0 Å². The predicted molar refractivity (Wildman–Crippen MR) is 49.9 cm³/mol. The number of rotatable bonds is 1. The van der Waals surface area contributed by atoms with Gasteiger partial charge < -0.3 is 14.7 Å². The summed E-state index contributed by atoms with van der Waals surface area (Å²) < 4.78 is 4.74. The van der Waals surface area contributed by atoms with Crippen LogP contribution in [0.5, 0.6) is 5.75 Å². The van der Waals surface area contributed by atoms with Crippen molar-refractivity contribution in [3.8, 4) is 5.75 Å². The fourth-order valence-electron chi connectivity index (χ4n) is 1.32. The van der Waals surface area contributed by atoms with Gasteiger partial charge in [0.2, 0.25) is 0 Å². The molecule has 0 spiro atoms. The number of hydrogen-bond acceptors (Lipinski definition) is 5. The van der Waals surface area contributed by atoms with Gasteiger partial charge in [0, 0.05) is 0 Å². The zero-order valence-corrected chi connectivity index (χ0v) is 7.43. The van der Waals surface area contributed by atoms with Crippen LogP contribution in [0.3, 0.4) is 0 Å². The highest BCUT2D eigenvalue weighted by molar-refractivity contribution is 5.86. The van der Waals surface area contributed by atoms with E-state index < -0.39 is 22.3 Å². The van der Waals surface area contributed by atoms with Gasteiger partial charge in [-0.1, -0.05) is 12.1 Å². The molecule has 15 heavy (non-hydrogen) atoms. The Balaban J connectivity index is 2.90. The second-order valence-corrected chi connectivity index (χ2v) is 2.91. The van der Waals surface area contributed by atoms with E-state index in [9.17, 15) is 15.1 Å². The van der Waals surface area contributed by atoms with E-state index in [-0.39, 0.29) is 11.0 Å². The molecule has 6 heteroatoms. The molecule has 0 fully saturated rings. The maximum Gasteiger partial charge on any atom is 0.405 e. The molecule has 0 amide bonds. The number of aromatic hydroxyl groups is 1. The van der Waals surface area contributed by atoms with E-state index in [1.54, 1.807) is 12.1 Å². The lowest BCUT2D eigenvalue weighted by molar-refractivity contribution is -0.992. The minimum Gasteiger partial charge on any atom is -0.595 e. The van der Waals surface area contributed by atoms with Crippen molar-refractivity contribution in [2.24, 2.45) is 0 Å². The van der Waals surface area contributed by atoms with E-state index in [0.29, 0.717) is 0 Å². The molecule has 78 valence electrons. The standard InChI is InChI=1S/C9H7NO5/c11-8-5-3-1-2-4-6(5)15-9(12)7(8)10(13)14/h1-4,10-11,13H. The Bertz CT molecular complexity index is 560. The maximum absolute atomic E-state index is 11.2. The summed E-state index contributed by atoms with van der Waals surface area (Å²) in [7, 11) is 0. The number of hydrogen-bond donors (Lipinski definition) is 3. The summed E-state index contributed by atoms with van der Waals surface area (Å²) in [5.41, 5.74) is -1.64. The highest BCUT2D eigenvalue weighted by Crippen LogP contribution is 2.26. The van der Waals surface area contributed by atoms with Gasteiger partial charge in [0.05, 0.1) is 5.39 Å². The summed E-state index contributed by atoms with van der Waals surface area (Å²) in [5.74, 6) is -0.561. The lowest BCUT2D eigenvalue weighted by atomic mass is 10.2. The summed E-state index contributed by atoms with van der Waals surface area (Å²) in [5, 5.41) is 27.6. The molecule has 0 aliphatic rings. The van der Waals surface area contributed by atoms with Crippen molar-refractivity contribution in [3.63, 3.8) is 0 Å². The van der Waals surface area contributed by atoms with Crippen LogP contribution in [0, 0.1) is 5.21 Å². The third kappa shape index (κ3) is 1.46. The molecule has 0 aliphatic heterocycles. The molecular weight excluding hydrogens is 202 g/mol. The van der Waals surface area contributed by atoms with Crippen LogP contribution in [0.1, 0.15) is 0 Å². The molecule has 0 aliphatic carbocycles. The topological polar surface area (TPSA) is 98.2 Å². The van der Waals surface area contributed by atoms with Gasteiger partial charge in [-0.15, -0.1) is 0 Å². The second kappa shape index (κ2) is 3.35. The molecule has 1 aromatic heterocycles. The molecule has 0 saturated heterocycles. The number of fused-ring (bicyclic) bond motifs is 1. The number of para-hydroxylation sites is 1. The van der Waals surface area contributed by atoms with Crippen LogP contribution in [0.2, 0.25) is 0 Å². The molecule has 1 heterocycles. The predicted octanol–water partition coefficient (Wildman–Crippen LogP) is -0.0980. The Morgan fingerprint density at radius 2 is 2.00 bits per heavy atom. The minimum atomic E-state index is -1.51. The van der Waals surface area contributed by atoms with E-state index in [1.807, 2.05) is 0 Å². The van der Waals surface area contributed by atoms with Crippen LogP contribution < -0.4 is 10.9 Å². The summed E-state index contributed by atoms with van der Waals surface area (Å²) in [6.07, 6.45) is 0. The average Bonchev–Trinajstić information content (AvgIpc) is 2.17. The molecule has 1 aromatic carbocycles. The quantitative estimate of drug-likeness (QED) is 0.450. The van der Waals surface area contributed by atoms with Gasteiger partial charge in [-0.3, -0.25) is 0 Å². The second-order valence-electron chi connectivity index (χ2n) is 2.91. The zero-order chi connectivity index (χ0) is 11.0. The average molecular weight is 209 g/mol. The van der Waals surface area contributed by atoms with Crippen molar-refractivity contribution < 1.29 is 20.0 Å². The van der Waals surface area contributed by atoms with Gasteiger partial charge in [0.25, 0.3) is 5.69 Å². The van der Waals surface area contributed by atoms with Gasteiger partial charge in [-0.25, -0.2) is 10.0 Å². The van der Waals surface area contributed by atoms with Gasteiger partial charge in [0.15, 0.2) is 5.75 Å². The highest BCUT2D eigenvalue weighted by atomic mass is 16.8. The van der Waals surface area contributed by atoms with E-state index in [2.05, 4.69) is 0 Å². The highest BCUT2D eigenvalue weighted by Gasteiger charge is 2.19. The molecule has 1 unspecified atom stereocenters. The van der Waals surface area contributed by atoms with Gasteiger partial charge in [-0.2, -0.15) is 5.23 Å². The first kappa shape index (κ1) is 9.66. The summed E-state index contributed by atoms with van der Waals surface area (Å²) in [6.45, 7) is 0. The first-order valence-corrected chi connectivity index (χ1v) is 4.09. The Morgan fingerprint density at radius 3 is 2.67 bits per heavy atom. The molecule has 6 nitrogen and oxygen atoms in total. The number of quaternary nitrogens is 1. The zero-order valence-electron chi connectivity index (χ0n) is 7.43. The largest absolute Gasteiger partial charge is 0.595 e. The van der Waals surface area contributed by atoms with Crippen LogP contribution in [0.25, 0.3) is 11.0 Å². The van der Waals surface area contributed by atoms with E-state index in [4.69, 9.17) is 9.62 Å². The molecule has 0 bridgehead atoms. The molecule has 2 aromatic rings. The minimum absolute atomic E-state index is 0.157. The van der Waals surface area contributed by atoms with Crippen LogP contribution in [0.15, 0.2) is 33.5 Å². The lowest BCUT2D eigenvalue weighted by Crippen LogP contribution is -3.00.